The van der Waals surface area contributed by atoms with Crippen molar-refractivity contribution in [3.63, 3.8) is 0 Å². The molecule has 0 aliphatic heterocycles. The molecular formula is C25H24FN3O3. The van der Waals surface area contributed by atoms with Gasteiger partial charge in [0.15, 0.2) is 11.6 Å². The molecule has 0 radical (unpaired) electrons. The summed E-state index contributed by atoms with van der Waals surface area (Å²) in [5.41, 5.74) is 1.08. The highest BCUT2D eigenvalue weighted by Crippen LogP contribution is 2.25. The minimum absolute atomic E-state index is 0.0636. The second kappa shape index (κ2) is 9.87. The highest BCUT2D eigenvalue weighted by molar-refractivity contribution is 6.02. The van der Waals surface area contributed by atoms with Crippen LogP contribution in [0.4, 0.5) is 15.8 Å². The van der Waals surface area contributed by atoms with E-state index in [-0.39, 0.29) is 17.6 Å². The number of hydrogen-bond donors (Lipinski definition) is 2. The second-order valence-corrected chi connectivity index (χ2v) is 8.09. The number of nitrogens with one attached hydrogen (secondary N) is 2. The Kier molecular flexibility index (Phi) is 7.00. The van der Waals surface area contributed by atoms with E-state index >= 15 is 0 Å². The van der Waals surface area contributed by atoms with E-state index in [1.165, 1.54) is 30.5 Å². The van der Waals surface area contributed by atoms with Gasteiger partial charge in [0.1, 0.15) is 5.75 Å². The van der Waals surface area contributed by atoms with Gasteiger partial charge in [0.2, 0.25) is 11.8 Å². The predicted molar refractivity (Wildman–Crippen MR) is 123 cm³/mol. The van der Waals surface area contributed by atoms with Crippen molar-refractivity contribution >= 4 is 29.3 Å². The Bertz CT molecular complexity index is 1140. The molecule has 2 amide bonds. The summed E-state index contributed by atoms with van der Waals surface area (Å²) in [4.78, 5) is 28.3. The van der Waals surface area contributed by atoms with Crippen LogP contribution in [0.5, 0.6) is 11.5 Å². The molecule has 0 saturated heterocycles. The maximum atomic E-state index is 14.3. The van der Waals surface area contributed by atoms with Gasteiger partial charge in [0.05, 0.1) is 6.20 Å². The number of pyridine rings is 1. The molecule has 164 valence electrons. The summed E-state index contributed by atoms with van der Waals surface area (Å²) in [6.07, 6.45) is 5.88. The first-order chi connectivity index (χ1) is 15.2. The van der Waals surface area contributed by atoms with Gasteiger partial charge in [-0.1, -0.05) is 32.9 Å². The van der Waals surface area contributed by atoms with Crippen LogP contribution in [-0.2, 0) is 9.59 Å². The Morgan fingerprint density at radius 1 is 1.00 bits per heavy atom. The summed E-state index contributed by atoms with van der Waals surface area (Å²) in [6.45, 7) is 5.46. The molecule has 0 bridgehead atoms. The highest BCUT2D eigenvalue weighted by Gasteiger charge is 2.21. The van der Waals surface area contributed by atoms with Crippen LogP contribution in [0.3, 0.4) is 0 Å². The zero-order valence-corrected chi connectivity index (χ0v) is 18.1. The third-order valence-electron chi connectivity index (χ3n) is 4.31. The molecule has 7 heteroatoms. The van der Waals surface area contributed by atoms with Gasteiger partial charge >= 0.3 is 0 Å². The average molecular weight is 433 g/mol. The lowest BCUT2D eigenvalue weighted by molar-refractivity contribution is -0.123. The molecule has 0 saturated carbocycles. The number of halogens is 1. The molecule has 3 aromatic rings. The third-order valence-corrected chi connectivity index (χ3v) is 4.31. The van der Waals surface area contributed by atoms with Crippen LogP contribution in [-0.4, -0.2) is 16.8 Å². The number of amides is 2. The van der Waals surface area contributed by atoms with Crippen molar-refractivity contribution in [3.8, 4) is 11.5 Å². The molecule has 0 unspecified atom stereocenters. The van der Waals surface area contributed by atoms with Crippen molar-refractivity contribution < 1.29 is 18.7 Å². The van der Waals surface area contributed by atoms with Crippen molar-refractivity contribution in [2.75, 3.05) is 10.6 Å². The molecule has 0 aliphatic rings. The molecule has 6 nitrogen and oxygen atoms in total. The van der Waals surface area contributed by atoms with E-state index in [0.717, 1.165) is 0 Å². The van der Waals surface area contributed by atoms with Crippen molar-refractivity contribution in [3.05, 3.63) is 84.4 Å². The lowest BCUT2D eigenvalue weighted by atomic mass is 9.95. The molecule has 1 heterocycles. The van der Waals surface area contributed by atoms with Crippen LogP contribution >= 0.6 is 0 Å². The minimum Gasteiger partial charge on any atom is -0.453 e. The fraction of sp³-hybridized carbons (Fsp3) is 0.160. The Balaban J connectivity index is 1.61. The standard InChI is InChI=1S/C25H24FN3O3/c1-25(2,3)24(31)29-19-7-4-6-18(15-19)28-23(30)12-10-17-9-11-22(21(26)14-17)32-20-8-5-13-27-16-20/h4-16H,1-3H3,(H,28,30)(H,29,31)/b12-10+. The number of anilines is 2. The number of ether oxygens (including phenoxy) is 1. The molecular weight excluding hydrogens is 409 g/mol. The average Bonchev–Trinajstić information content (AvgIpc) is 2.74. The molecule has 1 aromatic heterocycles. The maximum absolute atomic E-state index is 14.3. The van der Waals surface area contributed by atoms with E-state index in [1.807, 2.05) is 20.8 Å². The smallest absolute Gasteiger partial charge is 0.248 e. The van der Waals surface area contributed by atoms with E-state index in [9.17, 15) is 14.0 Å². The monoisotopic (exact) mass is 433 g/mol. The lowest BCUT2D eigenvalue weighted by Gasteiger charge is -2.18. The number of carbonyl (C=O) groups excluding carboxylic acids is 2. The number of benzene rings is 2. The second-order valence-electron chi connectivity index (χ2n) is 8.09. The SMILES string of the molecule is CC(C)(C)C(=O)Nc1cccc(NC(=O)/C=C/c2ccc(Oc3cccnc3)c(F)c2)c1. The topological polar surface area (TPSA) is 80.3 Å². The number of aromatic nitrogens is 1. The predicted octanol–water partition coefficient (Wildman–Crippen LogP) is 5.65. The van der Waals surface area contributed by atoms with E-state index < -0.39 is 11.2 Å². The molecule has 0 spiro atoms. The molecule has 3 rings (SSSR count). The summed E-state index contributed by atoms with van der Waals surface area (Å²) in [6, 6.07) is 14.6. The van der Waals surface area contributed by atoms with Crippen LogP contribution in [0.2, 0.25) is 0 Å². The quantitative estimate of drug-likeness (QED) is 0.492. The molecule has 0 aliphatic carbocycles. The number of rotatable bonds is 6. The summed E-state index contributed by atoms with van der Waals surface area (Å²) in [5, 5.41) is 5.54. The molecule has 32 heavy (non-hydrogen) atoms. The van der Waals surface area contributed by atoms with Crippen LogP contribution in [0.1, 0.15) is 26.3 Å². The fourth-order valence-electron chi connectivity index (χ4n) is 2.59. The normalized spacial score (nSPS) is 11.2. The Morgan fingerprint density at radius 3 is 2.41 bits per heavy atom. The zero-order chi connectivity index (χ0) is 23.1. The van der Waals surface area contributed by atoms with E-state index in [1.54, 1.807) is 48.7 Å². The van der Waals surface area contributed by atoms with Crippen molar-refractivity contribution in [1.82, 2.24) is 4.98 Å². The number of nitrogens with zero attached hydrogens (tertiary/aromatic N) is 1. The van der Waals surface area contributed by atoms with Gasteiger partial charge in [-0.05, 0) is 54.1 Å². The first-order valence-electron chi connectivity index (χ1n) is 9.99. The molecule has 0 fully saturated rings. The highest BCUT2D eigenvalue weighted by atomic mass is 19.1. The molecule has 2 N–H and O–H groups in total. The maximum Gasteiger partial charge on any atom is 0.248 e. The third kappa shape index (κ3) is 6.50. The van der Waals surface area contributed by atoms with E-state index in [0.29, 0.717) is 22.7 Å². The Morgan fingerprint density at radius 2 is 1.75 bits per heavy atom. The van der Waals surface area contributed by atoms with Crippen LogP contribution in [0.15, 0.2) is 73.1 Å². The largest absolute Gasteiger partial charge is 0.453 e. The van der Waals surface area contributed by atoms with Gasteiger partial charge in [0.25, 0.3) is 0 Å². The van der Waals surface area contributed by atoms with Crippen molar-refractivity contribution in [2.24, 2.45) is 5.41 Å². The van der Waals surface area contributed by atoms with Crippen LogP contribution in [0, 0.1) is 11.2 Å². The molecule has 2 aromatic carbocycles. The van der Waals surface area contributed by atoms with E-state index in [4.69, 9.17) is 4.74 Å². The summed E-state index contributed by atoms with van der Waals surface area (Å²) < 4.78 is 19.8. The number of hydrogen-bond acceptors (Lipinski definition) is 4. The van der Waals surface area contributed by atoms with Gasteiger partial charge < -0.3 is 15.4 Å². The molecule has 0 atom stereocenters. The summed E-state index contributed by atoms with van der Waals surface area (Å²) in [5.74, 6) is -0.582. The first-order valence-corrected chi connectivity index (χ1v) is 9.99. The van der Waals surface area contributed by atoms with Gasteiger partial charge in [-0.3, -0.25) is 14.6 Å². The van der Waals surface area contributed by atoms with Gasteiger partial charge in [0, 0.05) is 29.1 Å². The number of carbonyl (C=O) groups is 2. The Labute approximate surface area is 186 Å². The van der Waals surface area contributed by atoms with Crippen molar-refractivity contribution in [1.29, 1.82) is 0 Å². The first kappa shape index (κ1) is 22.7. The fourth-order valence-corrected chi connectivity index (χ4v) is 2.59. The minimum atomic E-state index is -0.557. The van der Waals surface area contributed by atoms with Gasteiger partial charge in [-0.15, -0.1) is 0 Å². The summed E-state index contributed by atoms with van der Waals surface area (Å²) >= 11 is 0. The van der Waals surface area contributed by atoms with E-state index in [2.05, 4.69) is 15.6 Å². The van der Waals surface area contributed by atoms with Crippen molar-refractivity contribution in [2.45, 2.75) is 20.8 Å². The van der Waals surface area contributed by atoms with Crippen LogP contribution < -0.4 is 15.4 Å². The van der Waals surface area contributed by atoms with Gasteiger partial charge in [-0.2, -0.15) is 0 Å². The zero-order valence-electron chi connectivity index (χ0n) is 18.1. The Hall–Kier alpha value is -4.00. The van der Waals surface area contributed by atoms with Gasteiger partial charge in [-0.25, -0.2) is 4.39 Å². The summed E-state index contributed by atoms with van der Waals surface area (Å²) in [7, 11) is 0. The lowest BCUT2D eigenvalue weighted by Crippen LogP contribution is -2.27. The van der Waals surface area contributed by atoms with Crippen LogP contribution in [0.25, 0.3) is 6.08 Å².